The Morgan fingerprint density at radius 3 is 2.24 bits per heavy atom. The largest absolute Gasteiger partial charge is 0.427 e. The molecule has 5 heteroatoms. The van der Waals surface area contributed by atoms with Crippen molar-refractivity contribution in [3.63, 3.8) is 0 Å². The van der Waals surface area contributed by atoms with Crippen LogP contribution in [0, 0.1) is 0 Å². The molecule has 0 atom stereocenters. The zero-order valence-electron chi connectivity index (χ0n) is 11.4. The van der Waals surface area contributed by atoms with Crippen LogP contribution in [0.4, 0.5) is 5.69 Å². The molecule has 2 aromatic rings. The maximum Gasteiger partial charge on any atom is 0.310 e. The van der Waals surface area contributed by atoms with E-state index >= 15 is 0 Å². The quantitative estimate of drug-likeness (QED) is 0.688. The molecule has 21 heavy (non-hydrogen) atoms. The molecule has 108 valence electrons. The number of anilines is 1. The lowest BCUT2D eigenvalue weighted by Gasteiger charge is -2.06. The second kappa shape index (κ2) is 6.90. The monoisotopic (exact) mass is 303 g/mol. The molecule has 1 N–H and O–H groups in total. The molecule has 0 aromatic heterocycles. The number of carbonyl (C=O) groups is 2. The summed E-state index contributed by atoms with van der Waals surface area (Å²) in [5.41, 5.74) is 1.13. The van der Waals surface area contributed by atoms with Crippen LogP contribution in [0.1, 0.15) is 23.7 Å². The number of hydrogen-bond acceptors (Lipinski definition) is 3. The molecule has 0 radical (unpaired) electrons. The SMILES string of the molecule is CCC(=O)Oc1ccc(C(=O)Nc2ccc(Cl)cc2)cc1. The number of hydrogen-bond donors (Lipinski definition) is 1. The van der Waals surface area contributed by atoms with Crippen LogP contribution in [0.15, 0.2) is 48.5 Å². The lowest BCUT2D eigenvalue weighted by molar-refractivity contribution is -0.134. The number of nitrogens with one attached hydrogen (secondary N) is 1. The van der Waals surface area contributed by atoms with E-state index in [9.17, 15) is 9.59 Å². The molecule has 0 spiro atoms. The molecule has 2 aromatic carbocycles. The summed E-state index contributed by atoms with van der Waals surface area (Å²) in [4.78, 5) is 23.2. The molecule has 2 rings (SSSR count). The molecule has 4 nitrogen and oxygen atoms in total. The van der Waals surface area contributed by atoms with Crippen LogP contribution in [0.25, 0.3) is 0 Å². The minimum absolute atomic E-state index is 0.245. The summed E-state index contributed by atoms with van der Waals surface area (Å²) >= 11 is 5.78. The second-order valence-corrected chi connectivity index (χ2v) is 4.75. The third kappa shape index (κ3) is 4.33. The van der Waals surface area contributed by atoms with Gasteiger partial charge in [0.05, 0.1) is 0 Å². The predicted molar refractivity (Wildman–Crippen MR) is 81.8 cm³/mol. The molecule has 0 saturated heterocycles. The topological polar surface area (TPSA) is 55.4 Å². The van der Waals surface area contributed by atoms with Gasteiger partial charge >= 0.3 is 5.97 Å². The third-order valence-corrected chi connectivity index (χ3v) is 2.99. The zero-order valence-corrected chi connectivity index (χ0v) is 12.2. The number of rotatable bonds is 4. The number of carbonyl (C=O) groups excluding carboxylic acids is 2. The van der Waals surface area contributed by atoms with Gasteiger partial charge in [0.15, 0.2) is 0 Å². The molecule has 0 aliphatic heterocycles. The fourth-order valence-corrected chi connectivity index (χ4v) is 1.74. The summed E-state index contributed by atoms with van der Waals surface area (Å²) in [6.45, 7) is 1.72. The van der Waals surface area contributed by atoms with Gasteiger partial charge in [-0.3, -0.25) is 9.59 Å². The molecule has 0 fully saturated rings. The first-order chi connectivity index (χ1) is 10.1. The van der Waals surface area contributed by atoms with E-state index in [1.54, 1.807) is 55.5 Å². The first kappa shape index (κ1) is 15.1. The fraction of sp³-hybridized carbons (Fsp3) is 0.125. The molecule has 0 unspecified atom stereocenters. The Labute approximate surface area is 127 Å². The fourth-order valence-electron chi connectivity index (χ4n) is 1.61. The van der Waals surface area contributed by atoms with Crippen molar-refractivity contribution in [3.05, 3.63) is 59.1 Å². The molecule has 0 aliphatic rings. The van der Waals surface area contributed by atoms with E-state index in [1.807, 2.05) is 0 Å². The highest BCUT2D eigenvalue weighted by Crippen LogP contribution is 2.16. The predicted octanol–water partition coefficient (Wildman–Crippen LogP) is 3.91. The van der Waals surface area contributed by atoms with E-state index in [4.69, 9.17) is 16.3 Å². The molecule has 1 amide bonds. The number of benzene rings is 2. The van der Waals surface area contributed by atoms with Crippen molar-refractivity contribution in [2.45, 2.75) is 13.3 Å². The van der Waals surface area contributed by atoms with E-state index in [0.717, 1.165) is 0 Å². The Bertz CT molecular complexity index is 636. The van der Waals surface area contributed by atoms with E-state index < -0.39 is 0 Å². The average molecular weight is 304 g/mol. The normalized spacial score (nSPS) is 10.0. The van der Waals surface area contributed by atoms with Gasteiger partial charge in [-0.15, -0.1) is 0 Å². The number of ether oxygens (including phenoxy) is 1. The van der Waals surface area contributed by atoms with E-state index in [0.29, 0.717) is 28.4 Å². The number of esters is 1. The van der Waals surface area contributed by atoms with Crippen LogP contribution in [0.3, 0.4) is 0 Å². The third-order valence-electron chi connectivity index (χ3n) is 2.74. The summed E-state index contributed by atoms with van der Waals surface area (Å²) in [5, 5.41) is 3.36. The van der Waals surface area contributed by atoms with Gasteiger partial charge in [-0.25, -0.2) is 0 Å². The van der Waals surface area contributed by atoms with Gasteiger partial charge in [0.2, 0.25) is 0 Å². The van der Waals surface area contributed by atoms with E-state index in [1.165, 1.54) is 0 Å². The lowest BCUT2D eigenvalue weighted by atomic mass is 10.2. The first-order valence-corrected chi connectivity index (χ1v) is 6.84. The Hall–Kier alpha value is -2.33. The smallest absolute Gasteiger partial charge is 0.310 e. The van der Waals surface area contributed by atoms with Gasteiger partial charge < -0.3 is 10.1 Å². The van der Waals surface area contributed by atoms with Crippen molar-refractivity contribution in [1.82, 2.24) is 0 Å². The van der Waals surface area contributed by atoms with Crippen molar-refractivity contribution in [2.75, 3.05) is 5.32 Å². The van der Waals surface area contributed by atoms with Gasteiger partial charge in [-0.05, 0) is 48.5 Å². The van der Waals surface area contributed by atoms with E-state index in [2.05, 4.69) is 5.32 Å². The molecule has 0 bridgehead atoms. The highest BCUT2D eigenvalue weighted by molar-refractivity contribution is 6.30. The van der Waals surface area contributed by atoms with Crippen LogP contribution in [-0.4, -0.2) is 11.9 Å². The highest BCUT2D eigenvalue weighted by Gasteiger charge is 2.07. The molecule has 0 aliphatic carbocycles. The Kier molecular flexibility index (Phi) is 4.95. The molecule has 0 saturated carbocycles. The summed E-state index contributed by atoms with van der Waals surface area (Å²) in [6, 6.07) is 13.2. The minimum Gasteiger partial charge on any atom is -0.427 e. The standard InChI is InChI=1S/C16H14ClNO3/c1-2-15(19)21-14-9-3-11(4-10-14)16(20)18-13-7-5-12(17)6-8-13/h3-10H,2H2,1H3,(H,18,20). The Balaban J connectivity index is 2.02. The van der Waals surface area contributed by atoms with Crippen LogP contribution in [0.2, 0.25) is 5.02 Å². The zero-order chi connectivity index (χ0) is 15.2. The number of halogens is 1. The van der Waals surface area contributed by atoms with Gasteiger partial charge in [0.25, 0.3) is 5.91 Å². The minimum atomic E-state index is -0.312. The van der Waals surface area contributed by atoms with Crippen molar-refractivity contribution < 1.29 is 14.3 Å². The Morgan fingerprint density at radius 2 is 1.67 bits per heavy atom. The van der Waals surface area contributed by atoms with Gasteiger partial charge in [0, 0.05) is 22.7 Å². The van der Waals surface area contributed by atoms with Crippen LogP contribution < -0.4 is 10.1 Å². The second-order valence-electron chi connectivity index (χ2n) is 4.31. The van der Waals surface area contributed by atoms with E-state index in [-0.39, 0.29) is 11.9 Å². The van der Waals surface area contributed by atoms with Gasteiger partial charge in [-0.2, -0.15) is 0 Å². The van der Waals surface area contributed by atoms with Crippen LogP contribution >= 0.6 is 11.6 Å². The summed E-state index contributed by atoms with van der Waals surface area (Å²) in [5.74, 6) is -0.135. The average Bonchev–Trinajstić information content (AvgIpc) is 2.50. The van der Waals surface area contributed by atoms with Crippen molar-refractivity contribution in [3.8, 4) is 5.75 Å². The molecule has 0 heterocycles. The van der Waals surface area contributed by atoms with Crippen molar-refractivity contribution in [1.29, 1.82) is 0 Å². The van der Waals surface area contributed by atoms with Crippen molar-refractivity contribution in [2.24, 2.45) is 0 Å². The lowest BCUT2D eigenvalue weighted by Crippen LogP contribution is -2.12. The summed E-state index contributed by atoms with van der Waals surface area (Å²) < 4.78 is 5.04. The highest BCUT2D eigenvalue weighted by atomic mass is 35.5. The van der Waals surface area contributed by atoms with Gasteiger partial charge in [-0.1, -0.05) is 18.5 Å². The van der Waals surface area contributed by atoms with Crippen LogP contribution in [-0.2, 0) is 4.79 Å². The maximum atomic E-state index is 12.0. The Morgan fingerprint density at radius 1 is 1.05 bits per heavy atom. The summed E-state index contributed by atoms with van der Waals surface area (Å²) in [7, 11) is 0. The number of amides is 1. The van der Waals surface area contributed by atoms with Crippen LogP contribution in [0.5, 0.6) is 5.75 Å². The van der Waals surface area contributed by atoms with Gasteiger partial charge in [0.1, 0.15) is 5.75 Å². The molecular weight excluding hydrogens is 290 g/mol. The summed E-state index contributed by atoms with van der Waals surface area (Å²) in [6.07, 6.45) is 0.304. The molecular formula is C16H14ClNO3. The van der Waals surface area contributed by atoms with Crippen molar-refractivity contribution >= 4 is 29.2 Å². The first-order valence-electron chi connectivity index (χ1n) is 6.46. The maximum absolute atomic E-state index is 12.0.